The van der Waals surface area contributed by atoms with Crippen molar-refractivity contribution in [2.24, 2.45) is 0 Å². The van der Waals surface area contributed by atoms with Gasteiger partial charge in [-0.1, -0.05) is 12.1 Å². The Hall–Kier alpha value is -3.59. The summed E-state index contributed by atoms with van der Waals surface area (Å²) in [7, 11) is -1.28. The van der Waals surface area contributed by atoms with Crippen LogP contribution < -0.4 is 14.2 Å². The summed E-state index contributed by atoms with van der Waals surface area (Å²) in [4.78, 5) is -0.175. The third-order valence-corrected chi connectivity index (χ3v) is 6.47. The van der Waals surface area contributed by atoms with Gasteiger partial charge >= 0.3 is 0 Å². The van der Waals surface area contributed by atoms with Crippen molar-refractivity contribution >= 4 is 10.0 Å². The topological polar surface area (TPSA) is 97.6 Å². The molecule has 3 aromatic rings. The van der Waals surface area contributed by atoms with E-state index in [0.29, 0.717) is 11.1 Å². The molecule has 0 aliphatic heterocycles. The first-order valence-corrected chi connectivity index (χ1v) is 11.7. The van der Waals surface area contributed by atoms with Crippen LogP contribution in [0, 0.1) is 28.8 Å². The zero-order valence-electron chi connectivity index (χ0n) is 18.8. The standard InChI is InChI=1S/C24H21F3N2O5S/c1-32-14-34-22-12-17(18-10-19(25)24(27)20(26)11-18)5-4-16(22)7-8-29-35(30,31)23-9-15(13-28)3-6-21(23)33-2/h3-6,9-12,29H,7-8,14H2,1-2H3. The molecule has 0 spiro atoms. The van der Waals surface area contributed by atoms with Crippen LogP contribution in [0.25, 0.3) is 11.1 Å². The van der Waals surface area contributed by atoms with Gasteiger partial charge in [-0.25, -0.2) is 26.3 Å². The van der Waals surface area contributed by atoms with Crippen molar-refractivity contribution in [3.63, 3.8) is 0 Å². The lowest BCUT2D eigenvalue weighted by molar-refractivity contribution is 0.0505. The molecule has 1 N–H and O–H groups in total. The number of nitriles is 1. The maximum Gasteiger partial charge on any atom is 0.244 e. The van der Waals surface area contributed by atoms with E-state index < -0.39 is 27.5 Å². The van der Waals surface area contributed by atoms with E-state index in [9.17, 15) is 21.6 Å². The number of rotatable bonds is 10. The predicted octanol–water partition coefficient (Wildman–Crippen LogP) is 4.15. The lowest BCUT2D eigenvalue weighted by Crippen LogP contribution is -2.26. The Morgan fingerprint density at radius 2 is 1.66 bits per heavy atom. The van der Waals surface area contributed by atoms with E-state index in [1.807, 2.05) is 6.07 Å². The monoisotopic (exact) mass is 506 g/mol. The average molecular weight is 507 g/mol. The maximum absolute atomic E-state index is 13.7. The largest absolute Gasteiger partial charge is 0.495 e. The normalized spacial score (nSPS) is 11.2. The van der Waals surface area contributed by atoms with Crippen LogP contribution in [0.3, 0.4) is 0 Å². The lowest BCUT2D eigenvalue weighted by atomic mass is 10.0. The molecule has 11 heteroatoms. The molecule has 0 heterocycles. The average Bonchev–Trinajstić information content (AvgIpc) is 2.85. The molecule has 35 heavy (non-hydrogen) atoms. The van der Waals surface area contributed by atoms with Gasteiger partial charge in [-0.05, 0) is 59.5 Å². The van der Waals surface area contributed by atoms with E-state index in [0.717, 1.165) is 12.1 Å². The van der Waals surface area contributed by atoms with Gasteiger partial charge in [0.25, 0.3) is 0 Å². The van der Waals surface area contributed by atoms with Crippen molar-refractivity contribution in [3.05, 3.63) is 77.1 Å². The van der Waals surface area contributed by atoms with Gasteiger partial charge in [-0.3, -0.25) is 0 Å². The highest BCUT2D eigenvalue weighted by Gasteiger charge is 2.20. The van der Waals surface area contributed by atoms with E-state index in [1.165, 1.54) is 38.5 Å². The number of methoxy groups -OCH3 is 2. The van der Waals surface area contributed by atoms with Gasteiger partial charge in [0.05, 0.1) is 18.7 Å². The fourth-order valence-electron chi connectivity index (χ4n) is 3.27. The number of nitrogens with one attached hydrogen (secondary N) is 1. The molecule has 3 rings (SSSR count). The summed E-state index contributed by atoms with van der Waals surface area (Å²) in [5.74, 6) is -3.84. The second-order valence-corrected chi connectivity index (χ2v) is 8.99. The molecular formula is C24H21F3N2O5S. The van der Waals surface area contributed by atoms with Crippen LogP contribution in [0.15, 0.2) is 53.4 Å². The summed E-state index contributed by atoms with van der Waals surface area (Å²) in [5.41, 5.74) is 1.19. The summed E-state index contributed by atoms with van der Waals surface area (Å²) >= 11 is 0. The highest BCUT2D eigenvalue weighted by Crippen LogP contribution is 2.30. The maximum atomic E-state index is 13.7. The molecule has 0 atom stereocenters. The molecule has 0 bridgehead atoms. The quantitative estimate of drug-likeness (QED) is 0.328. The summed E-state index contributed by atoms with van der Waals surface area (Å²) in [5, 5.41) is 9.08. The van der Waals surface area contributed by atoms with Crippen molar-refractivity contribution in [1.29, 1.82) is 5.26 Å². The minimum Gasteiger partial charge on any atom is -0.495 e. The van der Waals surface area contributed by atoms with Crippen LogP contribution in [0.1, 0.15) is 11.1 Å². The molecule has 0 aliphatic carbocycles. The Kier molecular flexibility index (Phi) is 8.34. The van der Waals surface area contributed by atoms with E-state index in [1.54, 1.807) is 12.1 Å². The Morgan fingerprint density at radius 3 is 2.29 bits per heavy atom. The van der Waals surface area contributed by atoms with E-state index in [2.05, 4.69) is 4.72 Å². The first kappa shape index (κ1) is 26.0. The zero-order chi connectivity index (χ0) is 25.6. The number of ether oxygens (including phenoxy) is 3. The lowest BCUT2D eigenvalue weighted by Gasteiger charge is -2.14. The summed E-state index contributed by atoms with van der Waals surface area (Å²) in [6, 6.07) is 12.3. The summed E-state index contributed by atoms with van der Waals surface area (Å²) < 4.78 is 84.3. The number of halogens is 3. The van der Waals surface area contributed by atoms with Crippen LogP contribution in [-0.4, -0.2) is 36.0 Å². The number of benzene rings is 3. The summed E-state index contributed by atoms with van der Waals surface area (Å²) in [6.45, 7) is -0.169. The Balaban J connectivity index is 1.83. The third-order valence-electron chi connectivity index (χ3n) is 4.99. The third kappa shape index (κ3) is 6.10. The SMILES string of the molecule is COCOc1cc(-c2cc(F)c(F)c(F)c2)ccc1CCNS(=O)(=O)c1cc(C#N)ccc1OC. The smallest absolute Gasteiger partial charge is 0.244 e. The molecule has 3 aromatic carbocycles. The van der Waals surface area contributed by atoms with Crippen molar-refractivity contribution in [3.8, 4) is 28.7 Å². The van der Waals surface area contributed by atoms with Crippen LogP contribution in [0.5, 0.6) is 11.5 Å². The van der Waals surface area contributed by atoms with E-state index >= 15 is 0 Å². The molecule has 0 aromatic heterocycles. The zero-order valence-corrected chi connectivity index (χ0v) is 19.6. The van der Waals surface area contributed by atoms with Gasteiger partial charge < -0.3 is 14.2 Å². The number of hydrogen-bond acceptors (Lipinski definition) is 6. The van der Waals surface area contributed by atoms with Gasteiger partial charge in [-0.15, -0.1) is 0 Å². The van der Waals surface area contributed by atoms with Crippen LogP contribution >= 0.6 is 0 Å². The van der Waals surface area contributed by atoms with Crippen LogP contribution in [-0.2, 0) is 21.2 Å². The minimum atomic E-state index is -4.01. The first-order chi connectivity index (χ1) is 16.7. The van der Waals surface area contributed by atoms with Gasteiger partial charge in [0.15, 0.2) is 24.2 Å². The highest BCUT2D eigenvalue weighted by molar-refractivity contribution is 7.89. The van der Waals surface area contributed by atoms with Gasteiger partial charge in [0.2, 0.25) is 10.0 Å². The minimum absolute atomic E-state index is 0.0369. The van der Waals surface area contributed by atoms with Crippen molar-refractivity contribution < 1.29 is 35.8 Å². The molecule has 0 fully saturated rings. The molecule has 0 unspecified atom stereocenters. The number of hydrogen-bond donors (Lipinski definition) is 1. The second-order valence-electron chi connectivity index (χ2n) is 7.25. The molecule has 7 nitrogen and oxygen atoms in total. The Morgan fingerprint density at radius 1 is 0.943 bits per heavy atom. The highest BCUT2D eigenvalue weighted by atomic mass is 32.2. The van der Waals surface area contributed by atoms with Crippen LogP contribution in [0.4, 0.5) is 13.2 Å². The molecule has 184 valence electrons. The van der Waals surface area contributed by atoms with Crippen molar-refractivity contribution in [2.75, 3.05) is 27.6 Å². The summed E-state index contributed by atoms with van der Waals surface area (Å²) in [6.07, 6.45) is 0.185. The number of sulfonamides is 1. The van der Waals surface area contributed by atoms with Crippen molar-refractivity contribution in [2.45, 2.75) is 11.3 Å². The molecule has 0 amide bonds. The fourth-order valence-corrected chi connectivity index (χ4v) is 4.50. The number of nitrogens with zero attached hydrogens (tertiary/aromatic N) is 1. The first-order valence-electron chi connectivity index (χ1n) is 10.2. The Bertz CT molecular complexity index is 1350. The molecular weight excluding hydrogens is 485 g/mol. The van der Waals surface area contributed by atoms with Crippen molar-refractivity contribution in [1.82, 2.24) is 4.72 Å². The van der Waals surface area contributed by atoms with Gasteiger partial charge in [0, 0.05) is 13.7 Å². The Labute approximate surface area is 200 Å². The fraction of sp³-hybridized carbons (Fsp3) is 0.208. The van der Waals surface area contributed by atoms with Crippen LogP contribution in [0.2, 0.25) is 0 Å². The van der Waals surface area contributed by atoms with E-state index in [4.69, 9.17) is 19.5 Å². The molecule has 0 radical (unpaired) electrons. The van der Waals surface area contributed by atoms with Gasteiger partial charge in [0.1, 0.15) is 16.4 Å². The van der Waals surface area contributed by atoms with E-state index in [-0.39, 0.29) is 47.3 Å². The van der Waals surface area contributed by atoms with Gasteiger partial charge in [-0.2, -0.15) is 5.26 Å². The molecule has 0 saturated carbocycles. The molecule has 0 aliphatic rings. The predicted molar refractivity (Wildman–Crippen MR) is 121 cm³/mol. The molecule has 0 saturated heterocycles. The second kappa shape index (κ2) is 11.2.